The van der Waals surface area contributed by atoms with Crippen molar-refractivity contribution in [1.29, 1.82) is 0 Å². The van der Waals surface area contributed by atoms with Gasteiger partial charge in [-0.3, -0.25) is 24.1 Å². The van der Waals surface area contributed by atoms with Crippen molar-refractivity contribution in [2.24, 2.45) is 11.8 Å². The number of esters is 1. The average Bonchev–Trinajstić information content (AvgIpc) is 3.18. The number of imide groups is 1. The normalized spacial score (nSPS) is 21.5. The van der Waals surface area contributed by atoms with Gasteiger partial charge in [-0.25, -0.2) is 0 Å². The fraction of sp³-hybridized carbons (Fsp3) is 0.455. The molecule has 0 spiro atoms. The highest BCUT2D eigenvalue weighted by Crippen LogP contribution is 2.38. The highest BCUT2D eigenvalue weighted by molar-refractivity contribution is 6.10. The summed E-state index contributed by atoms with van der Waals surface area (Å²) in [4.78, 5) is 53.9. The maximum absolute atomic E-state index is 12.6. The molecule has 152 valence electrons. The van der Waals surface area contributed by atoms with Gasteiger partial charge in [0, 0.05) is 28.7 Å². The molecule has 2 aliphatic rings. The summed E-state index contributed by atoms with van der Waals surface area (Å²) >= 11 is 0. The molecular formula is C22H24N2O5. The van der Waals surface area contributed by atoms with Gasteiger partial charge in [0.15, 0.2) is 6.61 Å². The SMILES string of the molecule is Cc1[nH]c2ccccc2c1C(=O)COC(=O)CCN1C(=O)C2CCCCC2C1=O. The number of aromatic amines is 1. The Balaban J connectivity index is 1.32. The summed E-state index contributed by atoms with van der Waals surface area (Å²) in [5.74, 6) is -1.66. The minimum Gasteiger partial charge on any atom is -0.457 e. The van der Waals surface area contributed by atoms with E-state index in [1.54, 1.807) is 6.92 Å². The Kier molecular flexibility index (Phi) is 5.22. The zero-order chi connectivity index (χ0) is 20.5. The average molecular weight is 396 g/mol. The molecule has 1 aromatic carbocycles. The van der Waals surface area contributed by atoms with E-state index in [-0.39, 0.29) is 49.0 Å². The molecule has 2 amide bonds. The third-order valence-electron chi connectivity index (χ3n) is 6.01. The molecule has 1 aliphatic heterocycles. The molecule has 7 nitrogen and oxygen atoms in total. The number of fused-ring (bicyclic) bond motifs is 2. The summed E-state index contributed by atoms with van der Waals surface area (Å²) < 4.78 is 5.13. The molecular weight excluding hydrogens is 372 g/mol. The lowest BCUT2D eigenvalue weighted by Crippen LogP contribution is -2.33. The summed E-state index contributed by atoms with van der Waals surface area (Å²) in [5, 5.41) is 0.793. The number of nitrogens with zero attached hydrogens (tertiary/aromatic N) is 1. The van der Waals surface area contributed by atoms with Gasteiger partial charge in [0.25, 0.3) is 0 Å². The Morgan fingerprint density at radius 2 is 1.76 bits per heavy atom. The third kappa shape index (κ3) is 3.57. The number of benzene rings is 1. The second-order valence-electron chi connectivity index (χ2n) is 7.83. The standard InChI is InChI=1S/C22H24N2O5/c1-13-20(16-8-4-5-9-17(16)23-13)18(25)12-29-19(26)10-11-24-21(27)14-6-2-3-7-15(14)22(24)28/h4-5,8-9,14-15,23H,2-3,6-7,10-12H2,1H3. The molecule has 2 unspecified atom stereocenters. The number of H-pyrrole nitrogens is 1. The lowest BCUT2D eigenvalue weighted by Gasteiger charge is -2.19. The number of Topliss-reactive ketones (excluding diaryl/α,β-unsaturated/α-hetero) is 1. The van der Waals surface area contributed by atoms with Crippen molar-refractivity contribution in [3.8, 4) is 0 Å². The van der Waals surface area contributed by atoms with Crippen molar-refractivity contribution in [1.82, 2.24) is 9.88 Å². The summed E-state index contributed by atoms with van der Waals surface area (Å²) in [5.41, 5.74) is 2.10. The zero-order valence-electron chi connectivity index (χ0n) is 16.4. The fourth-order valence-electron chi connectivity index (χ4n) is 4.58. The number of rotatable bonds is 6. The minimum absolute atomic E-state index is 0.0177. The molecule has 1 aliphatic carbocycles. The van der Waals surface area contributed by atoms with Gasteiger partial charge in [0.1, 0.15) is 0 Å². The van der Waals surface area contributed by atoms with Crippen molar-refractivity contribution in [2.45, 2.75) is 39.0 Å². The molecule has 2 fully saturated rings. The maximum Gasteiger partial charge on any atom is 0.308 e. The first kappa shape index (κ1) is 19.4. The summed E-state index contributed by atoms with van der Waals surface area (Å²) in [6.07, 6.45) is 3.32. The topological polar surface area (TPSA) is 96.5 Å². The van der Waals surface area contributed by atoms with Gasteiger partial charge < -0.3 is 9.72 Å². The smallest absolute Gasteiger partial charge is 0.308 e. The van der Waals surface area contributed by atoms with Crippen molar-refractivity contribution in [2.75, 3.05) is 13.2 Å². The van der Waals surface area contributed by atoms with Crippen LogP contribution in [-0.4, -0.2) is 46.6 Å². The molecule has 1 aromatic heterocycles. The van der Waals surface area contributed by atoms with Gasteiger partial charge in [0.2, 0.25) is 17.6 Å². The number of ketones is 1. The Morgan fingerprint density at radius 3 is 2.45 bits per heavy atom. The van der Waals surface area contributed by atoms with Crippen LogP contribution in [0.4, 0.5) is 0 Å². The van der Waals surface area contributed by atoms with E-state index in [2.05, 4.69) is 4.98 Å². The quantitative estimate of drug-likeness (QED) is 0.460. The fourth-order valence-corrected chi connectivity index (χ4v) is 4.58. The lowest BCUT2D eigenvalue weighted by molar-refractivity contribution is -0.145. The number of hydrogen-bond donors (Lipinski definition) is 1. The summed E-state index contributed by atoms with van der Waals surface area (Å²) in [7, 11) is 0. The predicted octanol–water partition coefficient (Wildman–Crippen LogP) is 2.77. The van der Waals surface area contributed by atoms with Crippen LogP contribution in [0.2, 0.25) is 0 Å². The molecule has 1 saturated carbocycles. The number of aromatic nitrogens is 1. The zero-order valence-corrected chi connectivity index (χ0v) is 16.4. The maximum atomic E-state index is 12.6. The van der Waals surface area contributed by atoms with Gasteiger partial charge in [-0.1, -0.05) is 31.0 Å². The number of nitrogens with one attached hydrogen (secondary N) is 1. The second kappa shape index (κ2) is 7.81. The van der Waals surface area contributed by atoms with E-state index in [4.69, 9.17) is 4.74 Å². The van der Waals surface area contributed by atoms with Crippen LogP contribution in [0.3, 0.4) is 0 Å². The number of aryl methyl sites for hydroxylation is 1. The number of hydrogen-bond acceptors (Lipinski definition) is 5. The Bertz CT molecular complexity index is 968. The van der Waals surface area contributed by atoms with Gasteiger partial charge >= 0.3 is 5.97 Å². The van der Waals surface area contributed by atoms with Crippen LogP contribution in [-0.2, 0) is 19.1 Å². The molecule has 2 aromatic rings. The lowest BCUT2D eigenvalue weighted by atomic mass is 9.81. The predicted molar refractivity (Wildman–Crippen MR) is 105 cm³/mol. The van der Waals surface area contributed by atoms with E-state index in [0.717, 1.165) is 42.3 Å². The minimum atomic E-state index is -0.591. The van der Waals surface area contributed by atoms with E-state index in [1.807, 2.05) is 24.3 Å². The van der Waals surface area contributed by atoms with Crippen LogP contribution in [0.5, 0.6) is 0 Å². The van der Waals surface area contributed by atoms with Gasteiger partial charge in [-0.2, -0.15) is 0 Å². The van der Waals surface area contributed by atoms with Crippen LogP contribution in [0.25, 0.3) is 10.9 Å². The largest absolute Gasteiger partial charge is 0.457 e. The highest BCUT2D eigenvalue weighted by atomic mass is 16.5. The third-order valence-corrected chi connectivity index (χ3v) is 6.01. The van der Waals surface area contributed by atoms with Gasteiger partial charge in [0.05, 0.1) is 18.3 Å². The van der Waals surface area contributed by atoms with E-state index >= 15 is 0 Å². The number of amides is 2. The van der Waals surface area contributed by atoms with Gasteiger partial charge in [-0.05, 0) is 25.8 Å². The Labute approximate surface area is 168 Å². The Hall–Kier alpha value is -2.96. The van der Waals surface area contributed by atoms with Crippen molar-refractivity contribution in [3.63, 3.8) is 0 Å². The van der Waals surface area contributed by atoms with Crippen LogP contribution >= 0.6 is 0 Å². The van der Waals surface area contributed by atoms with Gasteiger partial charge in [-0.15, -0.1) is 0 Å². The van der Waals surface area contributed by atoms with Crippen molar-refractivity contribution >= 4 is 34.5 Å². The van der Waals surface area contributed by atoms with Crippen LogP contribution in [0.15, 0.2) is 24.3 Å². The number of carbonyl (C=O) groups excluding carboxylic acids is 4. The first-order chi connectivity index (χ1) is 14.0. The van der Waals surface area contributed by atoms with E-state index in [1.165, 1.54) is 4.90 Å². The summed E-state index contributed by atoms with van der Waals surface area (Å²) in [6.45, 7) is 1.46. The molecule has 1 N–H and O–H groups in total. The number of para-hydroxylation sites is 1. The number of likely N-dealkylation sites (tertiary alicyclic amines) is 1. The van der Waals surface area contributed by atoms with E-state index in [9.17, 15) is 19.2 Å². The molecule has 29 heavy (non-hydrogen) atoms. The molecule has 4 rings (SSSR count). The van der Waals surface area contributed by atoms with Crippen molar-refractivity contribution < 1.29 is 23.9 Å². The van der Waals surface area contributed by atoms with Crippen LogP contribution < -0.4 is 0 Å². The second-order valence-corrected chi connectivity index (χ2v) is 7.83. The Morgan fingerprint density at radius 1 is 1.10 bits per heavy atom. The number of carbonyl (C=O) groups is 4. The van der Waals surface area contributed by atoms with E-state index < -0.39 is 5.97 Å². The molecule has 7 heteroatoms. The highest BCUT2D eigenvalue weighted by Gasteiger charge is 2.47. The van der Waals surface area contributed by atoms with E-state index in [0.29, 0.717) is 5.56 Å². The first-order valence-electron chi connectivity index (χ1n) is 10.1. The van der Waals surface area contributed by atoms with Crippen LogP contribution in [0, 0.1) is 18.8 Å². The molecule has 0 radical (unpaired) electrons. The molecule has 1 saturated heterocycles. The molecule has 2 heterocycles. The molecule has 2 atom stereocenters. The summed E-state index contributed by atoms with van der Waals surface area (Å²) in [6, 6.07) is 7.45. The van der Waals surface area contributed by atoms with Crippen molar-refractivity contribution in [3.05, 3.63) is 35.5 Å². The number of ether oxygens (including phenoxy) is 1. The monoisotopic (exact) mass is 396 g/mol. The first-order valence-corrected chi connectivity index (χ1v) is 10.1. The van der Waals surface area contributed by atoms with Crippen LogP contribution in [0.1, 0.15) is 48.2 Å². The molecule has 0 bridgehead atoms.